The molecule has 1 N–H and O–H groups in total. The molecule has 2 aromatic rings. The second-order valence-electron chi connectivity index (χ2n) is 4.51. The minimum Gasteiger partial charge on any atom is -0.490 e. The number of aliphatic carboxylic acids is 1. The molecule has 0 aliphatic heterocycles. The van der Waals surface area contributed by atoms with Gasteiger partial charge < -0.3 is 14.6 Å². The Labute approximate surface area is 123 Å². The van der Waals surface area contributed by atoms with Crippen LogP contribution in [-0.4, -0.2) is 24.3 Å². The normalized spacial score (nSPS) is 10.1. The van der Waals surface area contributed by atoms with Crippen molar-refractivity contribution in [3.05, 3.63) is 60.2 Å². The summed E-state index contributed by atoms with van der Waals surface area (Å²) in [5.41, 5.74) is 0.902. The Hall–Kier alpha value is -2.49. The lowest BCUT2D eigenvalue weighted by molar-refractivity contribution is -0.136. The molecule has 0 aliphatic carbocycles. The van der Waals surface area contributed by atoms with Crippen molar-refractivity contribution in [3.8, 4) is 11.5 Å². The van der Waals surface area contributed by atoms with E-state index in [0.29, 0.717) is 19.6 Å². The molecule has 0 radical (unpaired) electrons. The summed E-state index contributed by atoms with van der Waals surface area (Å²) in [5, 5.41) is 8.75. The second kappa shape index (κ2) is 7.94. The van der Waals surface area contributed by atoms with Crippen molar-refractivity contribution < 1.29 is 19.4 Å². The van der Waals surface area contributed by atoms with Gasteiger partial charge in [-0.1, -0.05) is 36.4 Å². The van der Waals surface area contributed by atoms with Crippen molar-refractivity contribution in [2.75, 3.05) is 13.2 Å². The average molecular weight is 286 g/mol. The molecule has 0 heterocycles. The first kappa shape index (κ1) is 14.9. The number of rotatable bonds is 8. The van der Waals surface area contributed by atoms with Gasteiger partial charge in [0.1, 0.15) is 24.7 Å². The van der Waals surface area contributed by atoms with E-state index in [1.54, 1.807) is 0 Å². The van der Waals surface area contributed by atoms with Crippen LogP contribution < -0.4 is 9.47 Å². The van der Waals surface area contributed by atoms with Crippen LogP contribution in [0.15, 0.2) is 54.6 Å². The zero-order valence-electron chi connectivity index (χ0n) is 11.7. The average Bonchev–Trinajstić information content (AvgIpc) is 2.51. The highest BCUT2D eigenvalue weighted by atomic mass is 16.5. The molecule has 4 nitrogen and oxygen atoms in total. The largest absolute Gasteiger partial charge is 0.490 e. The van der Waals surface area contributed by atoms with E-state index < -0.39 is 5.97 Å². The number of carboxylic acid groups (broad SMARTS) is 1. The maximum absolute atomic E-state index is 10.6. The number of aryl methyl sites for hydroxylation is 1. The molecule has 110 valence electrons. The molecular weight excluding hydrogens is 268 g/mol. The third-order valence-corrected chi connectivity index (χ3v) is 2.93. The SMILES string of the molecule is O=C(O)CCc1ccccc1OCCOc1ccccc1. The minimum atomic E-state index is -0.808. The van der Waals surface area contributed by atoms with Crippen molar-refractivity contribution in [1.29, 1.82) is 0 Å². The van der Waals surface area contributed by atoms with Gasteiger partial charge in [0.25, 0.3) is 0 Å². The first-order valence-electron chi connectivity index (χ1n) is 6.86. The molecule has 0 amide bonds. The molecule has 2 rings (SSSR count). The summed E-state index contributed by atoms with van der Waals surface area (Å²) >= 11 is 0. The Morgan fingerprint density at radius 3 is 2.33 bits per heavy atom. The summed E-state index contributed by atoms with van der Waals surface area (Å²) in [6.45, 7) is 0.857. The Kier molecular flexibility index (Phi) is 5.64. The van der Waals surface area contributed by atoms with Gasteiger partial charge in [0.15, 0.2) is 0 Å². The van der Waals surface area contributed by atoms with E-state index in [1.165, 1.54) is 0 Å². The second-order valence-corrected chi connectivity index (χ2v) is 4.51. The summed E-state index contributed by atoms with van der Waals surface area (Å²) in [6, 6.07) is 17.0. The van der Waals surface area contributed by atoms with E-state index in [9.17, 15) is 4.79 Å². The van der Waals surface area contributed by atoms with Crippen LogP contribution in [0.2, 0.25) is 0 Å². The van der Waals surface area contributed by atoms with Crippen LogP contribution in [0.3, 0.4) is 0 Å². The molecule has 0 aliphatic rings. The first-order valence-corrected chi connectivity index (χ1v) is 6.86. The van der Waals surface area contributed by atoms with Gasteiger partial charge in [-0.3, -0.25) is 4.79 Å². The molecule has 0 saturated carbocycles. The van der Waals surface area contributed by atoms with Crippen molar-refractivity contribution >= 4 is 5.97 Å². The highest BCUT2D eigenvalue weighted by molar-refractivity contribution is 5.67. The fraction of sp³-hybridized carbons (Fsp3) is 0.235. The van der Waals surface area contributed by atoms with Crippen molar-refractivity contribution in [1.82, 2.24) is 0 Å². The van der Waals surface area contributed by atoms with E-state index in [1.807, 2.05) is 54.6 Å². The molecule has 0 unspecified atom stereocenters. The topological polar surface area (TPSA) is 55.8 Å². The third kappa shape index (κ3) is 5.18. The van der Waals surface area contributed by atoms with Gasteiger partial charge in [-0.2, -0.15) is 0 Å². The number of ether oxygens (including phenoxy) is 2. The van der Waals surface area contributed by atoms with Gasteiger partial charge in [0, 0.05) is 6.42 Å². The summed E-state index contributed by atoms with van der Waals surface area (Å²) in [6.07, 6.45) is 0.561. The number of para-hydroxylation sites is 2. The monoisotopic (exact) mass is 286 g/mol. The Morgan fingerprint density at radius 1 is 0.905 bits per heavy atom. The molecule has 0 saturated heterocycles. The van der Waals surface area contributed by atoms with E-state index in [0.717, 1.165) is 17.1 Å². The highest BCUT2D eigenvalue weighted by Crippen LogP contribution is 2.19. The van der Waals surface area contributed by atoms with E-state index in [-0.39, 0.29) is 6.42 Å². The molecule has 0 fully saturated rings. The van der Waals surface area contributed by atoms with Gasteiger partial charge in [0.05, 0.1) is 0 Å². The molecule has 0 spiro atoms. The molecule has 2 aromatic carbocycles. The van der Waals surface area contributed by atoms with Crippen LogP contribution in [-0.2, 0) is 11.2 Å². The predicted molar refractivity (Wildman–Crippen MR) is 79.8 cm³/mol. The maximum Gasteiger partial charge on any atom is 0.303 e. The smallest absolute Gasteiger partial charge is 0.303 e. The van der Waals surface area contributed by atoms with Crippen molar-refractivity contribution in [2.24, 2.45) is 0 Å². The third-order valence-electron chi connectivity index (χ3n) is 2.93. The van der Waals surface area contributed by atoms with Gasteiger partial charge >= 0.3 is 5.97 Å². The summed E-state index contributed by atoms with van der Waals surface area (Å²) in [7, 11) is 0. The lowest BCUT2D eigenvalue weighted by Crippen LogP contribution is -2.10. The van der Waals surface area contributed by atoms with Crippen LogP contribution >= 0.6 is 0 Å². The lowest BCUT2D eigenvalue weighted by atomic mass is 10.1. The van der Waals surface area contributed by atoms with Crippen LogP contribution in [0.25, 0.3) is 0 Å². The van der Waals surface area contributed by atoms with Crippen LogP contribution in [0, 0.1) is 0 Å². The fourth-order valence-electron chi connectivity index (χ4n) is 1.92. The molecule has 0 aromatic heterocycles. The quantitative estimate of drug-likeness (QED) is 0.757. The Bertz CT molecular complexity index is 566. The predicted octanol–water partition coefficient (Wildman–Crippen LogP) is 3.16. The fourth-order valence-corrected chi connectivity index (χ4v) is 1.92. The lowest BCUT2D eigenvalue weighted by Gasteiger charge is -2.11. The summed E-state index contributed by atoms with van der Waals surface area (Å²) < 4.78 is 11.2. The standard InChI is InChI=1S/C17H18O4/c18-17(19)11-10-14-6-4-5-9-16(14)21-13-12-20-15-7-2-1-3-8-15/h1-9H,10-13H2,(H,18,19). The van der Waals surface area contributed by atoms with Gasteiger partial charge in [-0.05, 0) is 30.2 Å². The van der Waals surface area contributed by atoms with Gasteiger partial charge in [0.2, 0.25) is 0 Å². The number of carbonyl (C=O) groups is 1. The van der Waals surface area contributed by atoms with Gasteiger partial charge in [-0.25, -0.2) is 0 Å². The van der Waals surface area contributed by atoms with Gasteiger partial charge in [-0.15, -0.1) is 0 Å². The molecular formula is C17H18O4. The van der Waals surface area contributed by atoms with Crippen LogP contribution in [0.1, 0.15) is 12.0 Å². The number of hydrogen-bond acceptors (Lipinski definition) is 3. The minimum absolute atomic E-state index is 0.0981. The maximum atomic E-state index is 10.6. The van der Waals surface area contributed by atoms with Crippen molar-refractivity contribution in [2.45, 2.75) is 12.8 Å². The summed E-state index contributed by atoms with van der Waals surface area (Å²) in [4.78, 5) is 10.6. The first-order chi connectivity index (χ1) is 10.3. The highest BCUT2D eigenvalue weighted by Gasteiger charge is 2.05. The number of hydrogen-bond donors (Lipinski definition) is 1. The number of benzene rings is 2. The van der Waals surface area contributed by atoms with E-state index in [4.69, 9.17) is 14.6 Å². The van der Waals surface area contributed by atoms with Crippen LogP contribution in [0.5, 0.6) is 11.5 Å². The molecule has 21 heavy (non-hydrogen) atoms. The zero-order valence-corrected chi connectivity index (χ0v) is 11.7. The molecule has 0 atom stereocenters. The van der Waals surface area contributed by atoms with Crippen LogP contribution in [0.4, 0.5) is 0 Å². The van der Waals surface area contributed by atoms with Crippen molar-refractivity contribution in [3.63, 3.8) is 0 Å². The zero-order chi connectivity index (χ0) is 14.9. The molecule has 0 bridgehead atoms. The van der Waals surface area contributed by atoms with E-state index >= 15 is 0 Å². The molecule has 4 heteroatoms. The number of carboxylic acids is 1. The Morgan fingerprint density at radius 2 is 1.57 bits per heavy atom. The van der Waals surface area contributed by atoms with E-state index in [2.05, 4.69) is 0 Å². The Balaban J connectivity index is 1.81. The summed E-state index contributed by atoms with van der Waals surface area (Å²) in [5.74, 6) is 0.716.